The van der Waals surface area contributed by atoms with E-state index >= 15 is 0 Å². The van der Waals surface area contributed by atoms with Crippen LogP contribution in [0.4, 0.5) is 0 Å². The zero-order valence-corrected chi connectivity index (χ0v) is 41.9. The number of fused-ring (bicyclic) bond motifs is 3. The van der Waals surface area contributed by atoms with Gasteiger partial charge in [0.05, 0.1) is 37.6 Å². The fourth-order valence-corrected chi connectivity index (χ4v) is 10.3. The highest BCUT2D eigenvalue weighted by Crippen LogP contribution is 2.36. The third-order valence-corrected chi connectivity index (χ3v) is 14.5. The molecule has 3 aliphatic heterocycles. The van der Waals surface area contributed by atoms with Gasteiger partial charge < -0.3 is 53.7 Å². The zero-order valence-electron chi connectivity index (χ0n) is 41.9. The Morgan fingerprint density at radius 2 is 1.59 bits per heavy atom. The van der Waals surface area contributed by atoms with Crippen molar-refractivity contribution < 1.29 is 72.8 Å². The molecule has 4 rings (SSSR count). The Balaban J connectivity index is 1.70. The summed E-state index contributed by atoms with van der Waals surface area (Å²) in [6, 6.07) is -1.23. The summed E-state index contributed by atoms with van der Waals surface area (Å²) in [6.07, 6.45) is 8.62. The molecular weight excluding hydrogens is 879 g/mol. The van der Waals surface area contributed by atoms with Crippen molar-refractivity contribution in [3.05, 3.63) is 47.6 Å². The number of aliphatic hydroxyl groups is 4. The van der Waals surface area contributed by atoms with Crippen LogP contribution in [0.5, 0.6) is 0 Å². The van der Waals surface area contributed by atoms with E-state index in [9.17, 15) is 44.4 Å². The lowest BCUT2D eigenvalue weighted by Gasteiger charge is -2.42. The molecule has 68 heavy (non-hydrogen) atoms. The number of carbonyl (C=O) groups excluding carboxylic acids is 5. The normalized spacial score (nSPS) is 39.2. The molecule has 0 aromatic carbocycles. The van der Waals surface area contributed by atoms with E-state index in [1.54, 1.807) is 34.0 Å². The molecule has 0 aromatic heterocycles. The minimum atomic E-state index is -2.88. The highest BCUT2D eigenvalue weighted by Gasteiger charge is 2.54. The average Bonchev–Trinajstić information content (AvgIpc) is 3.32. The van der Waals surface area contributed by atoms with Crippen molar-refractivity contribution >= 4 is 29.2 Å². The monoisotopic (exact) mass is 960 g/mol. The molecule has 384 valence electrons. The lowest BCUT2D eigenvalue weighted by atomic mass is 9.78. The minimum Gasteiger partial charge on any atom is -0.460 e. The summed E-state index contributed by atoms with van der Waals surface area (Å²) in [6.45, 7) is 11.0. The number of Topliss-reactive ketones (excluding diaryl/α,β-unsaturated/α-hetero) is 3. The molecule has 1 aliphatic carbocycles. The van der Waals surface area contributed by atoms with Crippen LogP contribution in [0.1, 0.15) is 119 Å². The number of hydrogen-bond donors (Lipinski definition) is 4. The number of cyclic esters (lactones) is 1. The van der Waals surface area contributed by atoms with Crippen LogP contribution in [-0.4, -0.2) is 156 Å². The van der Waals surface area contributed by atoms with Crippen LogP contribution in [0.25, 0.3) is 0 Å². The molecule has 4 aliphatic rings. The maximum atomic E-state index is 14.4. The maximum absolute atomic E-state index is 14.4. The van der Waals surface area contributed by atoms with Gasteiger partial charge in [-0.05, 0) is 107 Å². The van der Waals surface area contributed by atoms with Crippen molar-refractivity contribution in [3.8, 4) is 0 Å². The number of esters is 1. The molecule has 3 fully saturated rings. The second-order valence-corrected chi connectivity index (χ2v) is 19.8. The first-order valence-corrected chi connectivity index (χ1v) is 24.7. The molecule has 16 nitrogen and oxygen atoms in total. The van der Waals surface area contributed by atoms with Gasteiger partial charge in [0.15, 0.2) is 5.78 Å². The molecule has 15 atom stereocenters. The van der Waals surface area contributed by atoms with E-state index in [2.05, 4.69) is 0 Å². The van der Waals surface area contributed by atoms with Crippen LogP contribution in [0.3, 0.4) is 0 Å². The number of aliphatic hydroxyl groups excluding tert-OH is 3. The van der Waals surface area contributed by atoms with Crippen molar-refractivity contribution in [2.75, 3.05) is 41.1 Å². The highest BCUT2D eigenvalue weighted by atomic mass is 16.7. The standard InChI is InChI=1S/C52H81NO15/c1-31-15-11-10-12-16-32(2)42(63-7)29-38-19-21-45(56)52(62,68-38)49(59)50(60)53-22-14-13-17-39(53)51(61)67-43(34(4)27-37-18-20-41(66-24-23-54)44(28-37)64-8)30-40(55)33(3)26-36(6)47(58)48(65-9)46(57)35(5)25-31/h10-12,15-16,26,31,33-35,37-39,41-45,47-48,54,56,58,62H,13-14,17-25,27-30H2,1-9H3/b12-10+,15-11+,32-16+,36-26+/t31-,33-,34-,35-,37+,38+,39+,41-,42+,43+,44-,45?,47-,48+,52-/m1/s1. The molecule has 16 heteroatoms. The molecule has 3 heterocycles. The van der Waals surface area contributed by atoms with Gasteiger partial charge in [-0.15, -0.1) is 0 Å². The Kier molecular flexibility index (Phi) is 22.9. The molecule has 1 amide bonds. The van der Waals surface area contributed by atoms with Crippen LogP contribution in [0, 0.1) is 29.6 Å². The van der Waals surface area contributed by atoms with Gasteiger partial charge in [0.25, 0.3) is 17.5 Å². The predicted molar refractivity (Wildman–Crippen MR) is 253 cm³/mol. The fourth-order valence-electron chi connectivity index (χ4n) is 10.3. The Labute approximate surface area is 403 Å². The van der Waals surface area contributed by atoms with Crippen molar-refractivity contribution in [3.63, 3.8) is 0 Å². The van der Waals surface area contributed by atoms with Crippen LogP contribution in [0.15, 0.2) is 47.6 Å². The third-order valence-electron chi connectivity index (χ3n) is 14.5. The summed E-state index contributed by atoms with van der Waals surface area (Å²) >= 11 is 0. The van der Waals surface area contributed by atoms with Gasteiger partial charge in [-0.3, -0.25) is 19.2 Å². The number of allylic oxidation sites excluding steroid dienone is 6. The topological polar surface area (TPSA) is 225 Å². The molecule has 1 saturated carbocycles. The number of hydrogen-bond acceptors (Lipinski definition) is 15. The summed E-state index contributed by atoms with van der Waals surface area (Å²) in [4.78, 5) is 71.7. The van der Waals surface area contributed by atoms with Crippen molar-refractivity contribution in [1.29, 1.82) is 0 Å². The lowest BCUT2D eigenvalue weighted by molar-refractivity contribution is -0.282. The van der Waals surface area contributed by atoms with E-state index in [1.165, 1.54) is 14.2 Å². The molecule has 2 bridgehead atoms. The van der Waals surface area contributed by atoms with Gasteiger partial charge in [0.2, 0.25) is 0 Å². The average molecular weight is 960 g/mol. The first-order valence-electron chi connectivity index (χ1n) is 24.7. The molecule has 0 aromatic rings. The Bertz CT molecular complexity index is 1810. The van der Waals surface area contributed by atoms with E-state index in [0.717, 1.165) is 16.9 Å². The predicted octanol–water partition coefficient (Wildman–Crippen LogP) is 4.92. The largest absolute Gasteiger partial charge is 0.460 e. The minimum absolute atomic E-state index is 0.00360. The van der Waals surface area contributed by atoms with Crippen molar-refractivity contribution in [2.45, 2.75) is 179 Å². The maximum Gasteiger partial charge on any atom is 0.329 e. The van der Waals surface area contributed by atoms with Gasteiger partial charge in [-0.25, -0.2) is 4.79 Å². The smallest absolute Gasteiger partial charge is 0.329 e. The molecule has 0 radical (unpaired) electrons. The van der Waals surface area contributed by atoms with E-state index in [0.29, 0.717) is 44.1 Å². The summed E-state index contributed by atoms with van der Waals surface area (Å²) in [5, 5.41) is 43.6. The first kappa shape index (κ1) is 57.1. The van der Waals surface area contributed by atoms with Gasteiger partial charge in [-0.1, -0.05) is 64.2 Å². The number of rotatable bonds is 9. The van der Waals surface area contributed by atoms with Crippen LogP contribution in [-0.2, 0) is 52.4 Å². The second-order valence-electron chi connectivity index (χ2n) is 19.8. The quantitative estimate of drug-likeness (QED) is 0.137. The lowest BCUT2D eigenvalue weighted by Crippen LogP contribution is -2.63. The third kappa shape index (κ3) is 15.3. The summed E-state index contributed by atoms with van der Waals surface area (Å²) < 4.78 is 35.2. The molecular formula is C52H81NO15. The van der Waals surface area contributed by atoms with E-state index < -0.39 is 77.9 Å². The SMILES string of the molecule is CO[C@H]1C[C@@H]2CCC(O)[C@@](O)(O2)C(=O)C(=O)N2CCCC[C@H]2C(=O)O[C@H]([C@H](C)C[C@@H]2CC[C@@H](OCCO)[C@H](OC)C2)CC(=O)[C@H](C)/C=C(\C)[C@@H](O)[C@@H](OC)C(=O)[C@H](C)C[C@H](C)/C=C/C=C/C=C/1C. The number of amides is 1. The van der Waals surface area contributed by atoms with E-state index in [1.807, 2.05) is 51.2 Å². The summed E-state index contributed by atoms with van der Waals surface area (Å²) in [5.74, 6) is -8.33. The van der Waals surface area contributed by atoms with Gasteiger partial charge in [-0.2, -0.15) is 0 Å². The van der Waals surface area contributed by atoms with Gasteiger partial charge in [0, 0.05) is 52.6 Å². The Hall–Kier alpha value is -3.45. The second kappa shape index (κ2) is 27.2. The number of ether oxygens (including phenoxy) is 6. The summed E-state index contributed by atoms with van der Waals surface area (Å²) in [5.41, 5.74) is 1.18. The molecule has 0 spiro atoms. The van der Waals surface area contributed by atoms with E-state index in [4.69, 9.17) is 28.4 Å². The molecule has 2 saturated heterocycles. The van der Waals surface area contributed by atoms with Crippen molar-refractivity contribution in [2.24, 2.45) is 29.6 Å². The van der Waals surface area contributed by atoms with Crippen LogP contribution in [0.2, 0.25) is 0 Å². The number of methoxy groups -OCH3 is 3. The van der Waals surface area contributed by atoms with Crippen LogP contribution < -0.4 is 0 Å². The Morgan fingerprint density at radius 3 is 2.26 bits per heavy atom. The first-order chi connectivity index (χ1) is 32.3. The number of nitrogens with zero attached hydrogens (tertiary/aromatic N) is 1. The number of piperidine rings is 1. The zero-order chi connectivity index (χ0) is 50.3. The van der Waals surface area contributed by atoms with Gasteiger partial charge in [0.1, 0.15) is 36.2 Å². The number of carbonyl (C=O) groups is 5. The van der Waals surface area contributed by atoms with E-state index in [-0.39, 0.29) is 93.4 Å². The number of ketones is 3. The fraction of sp³-hybridized carbons (Fsp3) is 0.750. The molecule has 4 N–H and O–H groups in total. The Morgan fingerprint density at radius 1 is 0.853 bits per heavy atom. The highest BCUT2D eigenvalue weighted by molar-refractivity contribution is 6.39. The van der Waals surface area contributed by atoms with Crippen molar-refractivity contribution in [1.82, 2.24) is 4.90 Å². The summed E-state index contributed by atoms with van der Waals surface area (Å²) in [7, 11) is 4.51. The van der Waals surface area contributed by atoms with Crippen LogP contribution >= 0.6 is 0 Å². The van der Waals surface area contributed by atoms with Gasteiger partial charge >= 0.3 is 5.97 Å². The molecule has 1 unspecified atom stereocenters.